The second-order valence-corrected chi connectivity index (χ2v) is 7.80. The van der Waals surface area contributed by atoms with E-state index in [1.165, 1.54) is 26.0 Å². The number of fused-ring (bicyclic) bond motifs is 1. The van der Waals surface area contributed by atoms with E-state index < -0.39 is 32.9 Å². The summed E-state index contributed by atoms with van der Waals surface area (Å²) in [6, 6.07) is 1.74. The van der Waals surface area contributed by atoms with Crippen LogP contribution in [-0.4, -0.2) is 72.8 Å². The van der Waals surface area contributed by atoms with Crippen molar-refractivity contribution in [2.24, 2.45) is 0 Å². The van der Waals surface area contributed by atoms with Crippen molar-refractivity contribution in [3.05, 3.63) is 18.6 Å². The summed E-state index contributed by atoms with van der Waals surface area (Å²) in [4.78, 5) is 27.8. The van der Waals surface area contributed by atoms with Crippen LogP contribution in [0.4, 0.5) is 5.82 Å². The van der Waals surface area contributed by atoms with Crippen molar-refractivity contribution in [3.63, 3.8) is 0 Å². The summed E-state index contributed by atoms with van der Waals surface area (Å²) in [5.41, 5.74) is 6.31. The lowest BCUT2D eigenvalue weighted by molar-refractivity contribution is -0.0422. The Kier molecular flexibility index (Phi) is 8.53. The first-order valence-electron chi connectivity index (χ1n) is 9.53. The zero-order valence-electron chi connectivity index (χ0n) is 16.9. The molecule has 0 aliphatic carbocycles. The Balaban J connectivity index is 0.000000370. The van der Waals surface area contributed by atoms with Crippen molar-refractivity contribution in [2.75, 3.05) is 32.0 Å². The van der Waals surface area contributed by atoms with E-state index in [1.807, 2.05) is 0 Å². The zero-order valence-corrected chi connectivity index (χ0v) is 17.8. The average Bonchev–Trinajstić information content (AvgIpc) is 3.26. The summed E-state index contributed by atoms with van der Waals surface area (Å²) < 4.78 is 22.4. The zero-order chi connectivity index (χ0) is 21.6. The van der Waals surface area contributed by atoms with Crippen molar-refractivity contribution in [1.82, 2.24) is 19.4 Å². The molecule has 0 unspecified atom stereocenters. The van der Waals surface area contributed by atoms with Gasteiger partial charge in [0.15, 0.2) is 0 Å². The van der Waals surface area contributed by atoms with Crippen molar-refractivity contribution in [2.45, 2.75) is 45.6 Å². The van der Waals surface area contributed by atoms with Gasteiger partial charge in [-0.15, -0.1) is 0 Å². The Bertz CT molecular complexity index is 818. The number of ether oxygens (including phenoxy) is 1. The first kappa shape index (κ1) is 23.7. The standard InChI is InChI=1S/C11H15N4O6P.C6H15N/c12-10-6-1-2-15(11(6)14-5-13-10)9-3-7(16)8(21-9)4-20-22(17,18)19;1-4-7(5-2)6-3/h1-2,5,7-9,16H,3-4H2,(H2,12,13,14)(H2,17,18,19);4-6H2,1-3H3/t7-,8+,9+;/m0./s1. The molecule has 11 nitrogen and oxygen atoms in total. The number of nitrogens with zero attached hydrogens (tertiary/aromatic N) is 4. The molecule has 164 valence electrons. The first-order chi connectivity index (χ1) is 13.7. The minimum atomic E-state index is -4.61. The van der Waals surface area contributed by atoms with Gasteiger partial charge in [-0.05, 0) is 25.7 Å². The highest BCUT2D eigenvalue weighted by Gasteiger charge is 2.37. The third-order valence-corrected chi connectivity index (χ3v) is 5.29. The van der Waals surface area contributed by atoms with E-state index >= 15 is 0 Å². The van der Waals surface area contributed by atoms with Crippen molar-refractivity contribution < 1.29 is 28.7 Å². The smallest absolute Gasteiger partial charge is 0.390 e. The topological polar surface area (TPSA) is 156 Å². The monoisotopic (exact) mass is 431 g/mol. The minimum absolute atomic E-state index is 0.239. The van der Waals surface area contributed by atoms with Gasteiger partial charge in [0.25, 0.3) is 0 Å². The van der Waals surface area contributed by atoms with Crippen LogP contribution in [0.25, 0.3) is 11.0 Å². The van der Waals surface area contributed by atoms with Crippen LogP contribution >= 0.6 is 7.82 Å². The molecule has 0 bridgehead atoms. The van der Waals surface area contributed by atoms with Crippen LogP contribution in [0, 0.1) is 0 Å². The third-order valence-electron chi connectivity index (χ3n) is 4.80. The molecule has 0 radical (unpaired) electrons. The number of phosphoric acid groups is 1. The van der Waals surface area contributed by atoms with Crippen LogP contribution < -0.4 is 5.73 Å². The third kappa shape index (κ3) is 6.45. The largest absolute Gasteiger partial charge is 0.469 e. The lowest BCUT2D eigenvalue weighted by Gasteiger charge is -2.16. The van der Waals surface area contributed by atoms with E-state index in [9.17, 15) is 9.67 Å². The number of aliphatic hydroxyl groups is 1. The number of hydrogen-bond donors (Lipinski definition) is 4. The van der Waals surface area contributed by atoms with E-state index in [0.29, 0.717) is 16.9 Å². The molecule has 3 rings (SSSR count). The fourth-order valence-corrected chi connectivity index (χ4v) is 3.44. The van der Waals surface area contributed by atoms with E-state index in [0.717, 1.165) is 0 Å². The maximum Gasteiger partial charge on any atom is 0.469 e. The predicted molar refractivity (Wildman–Crippen MR) is 108 cm³/mol. The molecular weight excluding hydrogens is 401 g/mol. The fourth-order valence-electron chi connectivity index (χ4n) is 3.10. The van der Waals surface area contributed by atoms with Gasteiger partial charge < -0.3 is 34.8 Å². The molecule has 1 saturated heterocycles. The molecule has 0 spiro atoms. The Morgan fingerprint density at radius 1 is 1.31 bits per heavy atom. The first-order valence-corrected chi connectivity index (χ1v) is 11.1. The Labute approximate surface area is 169 Å². The lowest BCUT2D eigenvalue weighted by Crippen LogP contribution is -2.25. The molecule has 3 atom stereocenters. The molecule has 1 fully saturated rings. The Hall–Kier alpha value is -1.59. The van der Waals surface area contributed by atoms with Crippen LogP contribution in [0.3, 0.4) is 0 Å². The molecule has 1 aliphatic rings. The van der Waals surface area contributed by atoms with Crippen LogP contribution in [0.5, 0.6) is 0 Å². The predicted octanol–water partition coefficient (Wildman–Crippen LogP) is 1.12. The van der Waals surface area contributed by atoms with E-state index in [4.69, 9.17) is 20.3 Å². The van der Waals surface area contributed by atoms with Crippen LogP contribution in [0.1, 0.15) is 33.4 Å². The number of phosphoric ester groups is 1. The Morgan fingerprint density at radius 3 is 2.52 bits per heavy atom. The highest BCUT2D eigenvalue weighted by molar-refractivity contribution is 7.46. The van der Waals surface area contributed by atoms with Gasteiger partial charge in [0.1, 0.15) is 30.1 Å². The minimum Gasteiger partial charge on any atom is -0.390 e. The van der Waals surface area contributed by atoms with Gasteiger partial charge >= 0.3 is 7.82 Å². The van der Waals surface area contributed by atoms with Gasteiger partial charge in [-0.3, -0.25) is 4.52 Å². The molecular formula is C17H30N5O6P. The van der Waals surface area contributed by atoms with Crippen molar-refractivity contribution in [1.29, 1.82) is 0 Å². The van der Waals surface area contributed by atoms with Crippen LogP contribution in [0.2, 0.25) is 0 Å². The normalized spacial score (nSPS) is 22.1. The maximum atomic E-state index is 10.7. The fraction of sp³-hybridized carbons (Fsp3) is 0.647. The van der Waals surface area contributed by atoms with Gasteiger partial charge in [-0.25, -0.2) is 14.5 Å². The molecule has 2 aromatic rings. The van der Waals surface area contributed by atoms with E-state index in [2.05, 4.69) is 40.2 Å². The lowest BCUT2D eigenvalue weighted by atomic mass is 10.2. The quantitative estimate of drug-likeness (QED) is 0.468. The van der Waals surface area contributed by atoms with Gasteiger partial charge in [-0.1, -0.05) is 20.8 Å². The SMILES string of the molecule is CCN(CC)CC.Nc1ncnc2c1ccn2[C@H]1C[C@H](O)[C@@H](COP(=O)(O)O)O1. The summed E-state index contributed by atoms with van der Waals surface area (Å²) in [5.74, 6) is 0.337. The maximum absolute atomic E-state index is 10.7. The molecule has 12 heteroatoms. The molecule has 0 amide bonds. The second-order valence-electron chi connectivity index (χ2n) is 6.56. The summed E-state index contributed by atoms with van der Waals surface area (Å²) in [7, 11) is -4.61. The summed E-state index contributed by atoms with van der Waals surface area (Å²) in [5, 5.41) is 10.6. The number of rotatable bonds is 7. The van der Waals surface area contributed by atoms with Crippen molar-refractivity contribution in [3.8, 4) is 0 Å². The number of hydrogen-bond acceptors (Lipinski definition) is 8. The second kappa shape index (κ2) is 10.4. The van der Waals surface area contributed by atoms with Gasteiger partial charge in [-0.2, -0.15) is 0 Å². The summed E-state index contributed by atoms with van der Waals surface area (Å²) >= 11 is 0. The van der Waals surface area contributed by atoms with Crippen molar-refractivity contribution >= 4 is 24.7 Å². The van der Waals surface area contributed by atoms with Crippen LogP contribution in [0.15, 0.2) is 18.6 Å². The van der Waals surface area contributed by atoms with E-state index in [1.54, 1.807) is 16.8 Å². The molecule has 0 aromatic carbocycles. The molecule has 0 saturated carbocycles. The number of aliphatic hydroxyl groups excluding tert-OH is 1. The van der Waals surface area contributed by atoms with Gasteiger partial charge in [0.05, 0.1) is 18.1 Å². The average molecular weight is 431 g/mol. The summed E-state index contributed by atoms with van der Waals surface area (Å²) in [6.07, 6.45) is 0.991. The number of aromatic nitrogens is 3. The molecule has 2 aromatic heterocycles. The highest BCUT2D eigenvalue weighted by Crippen LogP contribution is 2.38. The van der Waals surface area contributed by atoms with Gasteiger partial charge in [0, 0.05) is 12.6 Å². The summed E-state index contributed by atoms with van der Waals surface area (Å²) in [6.45, 7) is 9.72. The van der Waals surface area contributed by atoms with Crippen LogP contribution in [-0.2, 0) is 13.8 Å². The van der Waals surface area contributed by atoms with Gasteiger partial charge in [0.2, 0.25) is 0 Å². The van der Waals surface area contributed by atoms with E-state index in [-0.39, 0.29) is 6.42 Å². The Morgan fingerprint density at radius 2 is 1.97 bits per heavy atom. The number of anilines is 1. The molecule has 5 N–H and O–H groups in total. The highest BCUT2D eigenvalue weighted by atomic mass is 31.2. The molecule has 1 aliphatic heterocycles. The number of nitrogens with two attached hydrogens (primary N) is 1. The molecule has 3 heterocycles. The number of nitrogen functional groups attached to an aromatic ring is 1. The molecule has 29 heavy (non-hydrogen) atoms.